The molecule has 1 N–H and O–H groups in total. The quantitative estimate of drug-likeness (QED) is 0.592. The number of allylic oxidation sites excluding steroid dienone is 1. The van der Waals surface area contributed by atoms with Crippen molar-refractivity contribution in [2.45, 2.75) is 27.2 Å². The number of fused-ring (bicyclic) bond motifs is 1. The molecule has 0 saturated heterocycles. The molecule has 3 atom stereocenters. The van der Waals surface area contributed by atoms with Crippen LogP contribution in [0.25, 0.3) is 0 Å². The lowest BCUT2D eigenvalue weighted by atomic mass is 9.46. The SMILES string of the molecule is C[C@H]1C=C(CO)[C@@H]2C[C@H]1C2(C)C. The summed E-state index contributed by atoms with van der Waals surface area (Å²) in [5.41, 5.74) is 1.74. The molecule has 3 aliphatic rings. The second-order valence-electron chi connectivity index (χ2n) is 4.97. The van der Waals surface area contributed by atoms with Gasteiger partial charge in [-0.3, -0.25) is 0 Å². The summed E-state index contributed by atoms with van der Waals surface area (Å²) in [6.45, 7) is 7.22. The summed E-state index contributed by atoms with van der Waals surface area (Å²) < 4.78 is 0. The van der Waals surface area contributed by atoms with Crippen molar-refractivity contribution in [2.24, 2.45) is 23.2 Å². The summed E-state index contributed by atoms with van der Waals surface area (Å²) in [6.07, 6.45) is 3.59. The minimum atomic E-state index is 0.269. The van der Waals surface area contributed by atoms with Gasteiger partial charge in [-0.05, 0) is 35.2 Å². The van der Waals surface area contributed by atoms with E-state index in [4.69, 9.17) is 5.11 Å². The lowest BCUT2D eigenvalue weighted by Crippen LogP contribution is -2.51. The van der Waals surface area contributed by atoms with E-state index in [1.54, 1.807) is 0 Å². The molecule has 0 spiro atoms. The molecule has 1 heteroatoms. The highest BCUT2D eigenvalue weighted by atomic mass is 16.3. The van der Waals surface area contributed by atoms with E-state index in [9.17, 15) is 0 Å². The number of aliphatic hydroxyl groups is 1. The van der Waals surface area contributed by atoms with Crippen molar-refractivity contribution < 1.29 is 5.11 Å². The lowest BCUT2D eigenvalue weighted by Gasteiger charge is -2.58. The highest BCUT2D eigenvalue weighted by molar-refractivity contribution is 5.25. The van der Waals surface area contributed by atoms with E-state index >= 15 is 0 Å². The molecule has 68 valence electrons. The number of hydrogen-bond acceptors (Lipinski definition) is 1. The van der Waals surface area contributed by atoms with Gasteiger partial charge in [0, 0.05) is 0 Å². The van der Waals surface area contributed by atoms with Crippen LogP contribution in [0.1, 0.15) is 27.2 Å². The summed E-state index contributed by atoms with van der Waals surface area (Å²) in [5, 5.41) is 9.17. The van der Waals surface area contributed by atoms with Crippen molar-refractivity contribution in [2.75, 3.05) is 6.61 Å². The molecule has 0 aliphatic heterocycles. The van der Waals surface area contributed by atoms with Gasteiger partial charge in [0.2, 0.25) is 0 Å². The largest absolute Gasteiger partial charge is 0.392 e. The Morgan fingerprint density at radius 2 is 2.25 bits per heavy atom. The third-order valence-electron chi connectivity index (χ3n) is 4.09. The van der Waals surface area contributed by atoms with Crippen molar-refractivity contribution in [1.29, 1.82) is 0 Å². The van der Waals surface area contributed by atoms with Crippen molar-refractivity contribution in [3.05, 3.63) is 11.6 Å². The van der Waals surface area contributed by atoms with Gasteiger partial charge in [-0.2, -0.15) is 0 Å². The minimum absolute atomic E-state index is 0.269. The van der Waals surface area contributed by atoms with Crippen molar-refractivity contribution in [1.82, 2.24) is 0 Å². The first-order chi connectivity index (χ1) is 5.57. The molecule has 3 aliphatic carbocycles. The van der Waals surface area contributed by atoms with Crippen molar-refractivity contribution >= 4 is 0 Å². The average molecular weight is 166 g/mol. The summed E-state index contributed by atoms with van der Waals surface area (Å²) in [4.78, 5) is 0. The molecule has 0 amide bonds. The van der Waals surface area contributed by atoms with Gasteiger partial charge in [-0.15, -0.1) is 0 Å². The molecule has 0 heterocycles. The van der Waals surface area contributed by atoms with E-state index in [0.29, 0.717) is 17.3 Å². The van der Waals surface area contributed by atoms with Gasteiger partial charge in [-0.1, -0.05) is 26.8 Å². The second kappa shape index (κ2) is 2.35. The van der Waals surface area contributed by atoms with Crippen LogP contribution in [0.4, 0.5) is 0 Å². The molecule has 0 aromatic carbocycles. The van der Waals surface area contributed by atoms with Crippen LogP contribution in [0.5, 0.6) is 0 Å². The van der Waals surface area contributed by atoms with Gasteiger partial charge in [0.15, 0.2) is 0 Å². The van der Waals surface area contributed by atoms with Crippen LogP contribution < -0.4 is 0 Å². The predicted molar refractivity (Wildman–Crippen MR) is 49.7 cm³/mol. The molecular weight excluding hydrogens is 148 g/mol. The molecule has 0 radical (unpaired) electrons. The summed E-state index contributed by atoms with van der Waals surface area (Å²) >= 11 is 0. The summed E-state index contributed by atoms with van der Waals surface area (Å²) in [5.74, 6) is 2.20. The van der Waals surface area contributed by atoms with Crippen LogP contribution in [-0.2, 0) is 0 Å². The Hall–Kier alpha value is -0.300. The van der Waals surface area contributed by atoms with Crippen LogP contribution in [0, 0.1) is 23.2 Å². The number of aliphatic hydroxyl groups excluding tert-OH is 1. The first kappa shape index (κ1) is 8.31. The first-order valence-electron chi connectivity index (χ1n) is 4.88. The molecule has 3 rings (SSSR count). The normalized spacial score (nSPS) is 43.3. The molecule has 0 unspecified atom stereocenters. The molecule has 1 nitrogen and oxygen atoms in total. The van der Waals surface area contributed by atoms with Gasteiger partial charge in [0.25, 0.3) is 0 Å². The smallest absolute Gasteiger partial charge is 0.0644 e. The predicted octanol–water partition coefficient (Wildman–Crippen LogP) is 2.22. The Kier molecular flexibility index (Phi) is 1.63. The third kappa shape index (κ3) is 0.832. The van der Waals surface area contributed by atoms with E-state index in [0.717, 1.165) is 5.92 Å². The van der Waals surface area contributed by atoms with Gasteiger partial charge < -0.3 is 5.11 Å². The van der Waals surface area contributed by atoms with Crippen LogP contribution in [0.2, 0.25) is 0 Å². The second-order valence-corrected chi connectivity index (χ2v) is 4.97. The zero-order valence-corrected chi connectivity index (χ0v) is 8.17. The fourth-order valence-electron chi connectivity index (χ4n) is 3.21. The van der Waals surface area contributed by atoms with Gasteiger partial charge in [-0.25, -0.2) is 0 Å². The number of rotatable bonds is 1. The summed E-state index contributed by atoms with van der Waals surface area (Å²) in [7, 11) is 0. The zero-order valence-electron chi connectivity index (χ0n) is 8.17. The fourth-order valence-corrected chi connectivity index (χ4v) is 3.21. The molecule has 12 heavy (non-hydrogen) atoms. The van der Waals surface area contributed by atoms with E-state index < -0.39 is 0 Å². The molecule has 0 aromatic rings. The van der Waals surface area contributed by atoms with Crippen LogP contribution in [-0.4, -0.2) is 11.7 Å². The Labute approximate surface area is 74.5 Å². The van der Waals surface area contributed by atoms with Gasteiger partial charge >= 0.3 is 0 Å². The molecule has 0 aromatic heterocycles. The monoisotopic (exact) mass is 166 g/mol. The standard InChI is InChI=1S/C11H18O/c1-7-4-8(6-12)10-5-9(7)11(10,2)3/h4,7,9-10,12H,5-6H2,1-3H3/t7-,9+,10-/m0/s1. The maximum absolute atomic E-state index is 9.17. The van der Waals surface area contributed by atoms with Crippen LogP contribution >= 0.6 is 0 Å². The maximum Gasteiger partial charge on any atom is 0.0644 e. The Bertz CT molecular complexity index is 227. The fraction of sp³-hybridized carbons (Fsp3) is 0.818. The molecule has 2 bridgehead atoms. The molecule has 1 fully saturated rings. The Morgan fingerprint density at radius 3 is 2.67 bits per heavy atom. The molecule has 1 saturated carbocycles. The third-order valence-corrected chi connectivity index (χ3v) is 4.09. The molecular formula is C11H18O. The zero-order chi connectivity index (χ0) is 8.93. The topological polar surface area (TPSA) is 20.2 Å². The summed E-state index contributed by atoms with van der Waals surface area (Å²) in [6, 6.07) is 0. The van der Waals surface area contributed by atoms with E-state index in [1.165, 1.54) is 12.0 Å². The highest BCUT2D eigenvalue weighted by Gasteiger charge is 2.53. The van der Waals surface area contributed by atoms with E-state index in [-0.39, 0.29) is 6.61 Å². The maximum atomic E-state index is 9.17. The van der Waals surface area contributed by atoms with Crippen molar-refractivity contribution in [3.63, 3.8) is 0 Å². The number of hydrogen-bond donors (Lipinski definition) is 1. The van der Waals surface area contributed by atoms with E-state index in [2.05, 4.69) is 26.8 Å². The van der Waals surface area contributed by atoms with Gasteiger partial charge in [0.1, 0.15) is 0 Å². The van der Waals surface area contributed by atoms with Crippen molar-refractivity contribution in [3.8, 4) is 0 Å². The van der Waals surface area contributed by atoms with Crippen LogP contribution in [0.3, 0.4) is 0 Å². The van der Waals surface area contributed by atoms with E-state index in [1.807, 2.05) is 0 Å². The lowest BCUT2D eigenvalue weighted by molar-refractivity contribution is -0.0401. The Balaban J connectivity index is 2.30. The first-order valence-corrected chi connectivity index (χ1v) is 4.88. The average Bonchev–Trinajstić information content (AvgIpc) is 2.02. The Morgan fingerprint density at radius 1 is 1.58 bits per heavy atom. The minimum Gasteiger partial charge on any atom is -0.392 e. The van der Waals surface area contributed by atoms with Crippen LogP contribution in [0.15, 0.2) is 11.6 Å². The highest BCUT2D eigenvalue weighted by Crippen LogP contribution is 2.60. The van der Waals surface area contributed by atoms with Gasteiger partial charge in [0.05, 0.1) is 6.61 Å².